The zero-order chi connectivity index (χ0) is 6.24. The van der Waals surface area contributed by atoms with Crippen molar-refractivity contribution in [1.29, 1.82) is 0 Å². The number of ether oxygens (including phenoxy) is 1. The van der Waals surface area contributed by atoms with Gasteiger partial charge in [0.1, 0.15) is 0 Å². The van der Waals surface area contributed by atoms with Gasteiger partial charge in [-0.05, 0) is 12.2 Å². The van der Waals surface area contributed by atoms with E-state index in [1.807, 2.05) is 0 Å². The second kappa shape index (κ2) is 7.53. The predicted molar refractivity (Wildman–Crippen MR) is 43.7 cm³/mol. The molecule has 0 saturated carbocycles. The van der Waals surface area contributed by atoms with Crippen molar-refractivity contribution >= 4 is 22.1 Å². The second-order valence-electron chi connectivity index (χ2n) is 1.78. The van der Waals surface area contributed by atoms with E-state index in [2.05, 4.69) is 12.6 Å². The van der Waals surface area contributed by atoms with Gasteiger partial charge in [0.2, 0.25) is 0 Å². The van der Waals surface area contributed by atoms with Crippen molar-refractivity contribution in [3.05, 3.63) is 0 Å². The van der Waals surface area contributed by atoms with E-state index in [1.54, 1.807) is 7.11 Å². The summed E-state index contributed by atoms with van der Waals surface area (Å²) >= 11 is 4.10. The van der Waals surface area contributed by atoms with E-state index >= 15 is 0 Å². The number of hydrogen-bond donors (Lipinski definition) is 1. The highest BCUT2D eigenvalue weighted by molar-refractivity contribution is 7.80. The Bertz CT molecular complexity index is 37.4. The molecule has 0 atom stereocenters. The molecule has 0 N–H and O–H groups in total. The molecule has 0 heterocycles. The van der Waals surface area contributed by atoms with Gasteiger partial charge in [-0.15, -0.1) is 0 Å². The Labute approximate surface area is 59.0 Å². The first-order valence-electron chi connectivity index (χ1n) is 3.01. The molecule has 0 spiro atoms. The fourth-order valence-corrected chi connectivity index (χ4v) is 2.28. The van der Waals surface area contributed by atoms with Crippen molar-refractivity contribution in [3.63, 3.8) is 0 Å². The Hall–Kier alpha value is 0.527. The molecule has 3 heteroatoms. The van der Waals surface area contributed by atoms with Crippen molar-refractivity contribution in [3.8, 4) is 0 Å². The summed E-state index contributed by atoms with van der Waals surface area (Å²) in [7, 11) is 1.90. The average Bonchev–Trinajstić information content (AvgIpc) is 1.81. The van der Waals surface area contributed by atoms with Gasteiger partial charge in [0.15, 0.2) is 0 Å². The lowest BCUT2D eigenvalue weighted by molar-refractivity contribution is 0.251. The molecule has 0 fully saturated rings. The van der Waals surface area contributed by atoms with Gasteiger partial charge in [0.05, 0.1) is 9.52 Å². The maximum atomic E-state index is 4.93. The van der Waals surface area contributed by atoms with Gasteiger partial charge >= 0.3 is 0 Å². The fourth-order valence-electron chi connectivity index (χ4n) is 0.535. The van der Waals surface area contributed by atoms with Crippen molar-refractivity contribution in [2.75, 3.05) is 19.1 Å². The van der Waals surface area contributed by atoms with Gasteiger partial charge in [0.25, 0.3) is 0 Å². The van der Waals surface area contributed by atoms with Crippen molar-refractivity contribution in [2.24, 2.45) is 0 Å². The lowest BCUT2D eigenvalue weighted by Crippen LogP contribution is -1.99. The molecule has 0 aliphatic carbocycles. The molecule has 0 bridgehead atoms. The highest BCUT2D eigenvalue weighted by Gasteiger charge is 1.85. The molecule has 0 aromatic rings. The first kappa shape index (κ1) is 8.53. The Kier molecular flexibility index (Phi) is 8.02. The number of rotatable bonds is 5. The molecule has 0 amide bonds. The van der Waals surface area contributed by atoms with Crippen LogP contribution in [0, 0.1) is 0 Å². The van der Waals surface area contributed by atoms with Crippen LogP contribution in [0.2, 0.25) is 6.04 Å². The van der Waals surface area contributed by atoms with E-state index in [4.69, 9.17) is 4.74 Å². The molecule has 0 radical (unpaired) electrons. The van der Waals surface area contributed by atoms with E-state index in [1.165, 1.54) is 12.5 Å². The number of methoxy groups -OCH3 is 1. The van der Waals surface area contributed by atoms with Gasteiger partial charge in [-0.2, -0.15) is 12.6 Å². The third kappa shape index (κ3) is 6.53. The highest BCUT2D eigenvalue weighted by atomic mass is 32.1. The SMILES string of the molecule is COC[SiH2]CCCS. The maximum Gasteiger partial charge on any atom is 0.0516 e. The predicted octanol–water partition coefficient (Wildman–Crippen LogP) is 0.497. The minimum absolute atomic E-state index is 0.129. The molecule has 0 aromatic heterocycles. The van der Waals surface area contributed by atoms with Crippen LogP contribution >= 0.6 is 12.6 Å². The van der Waals surface area contributed by atoms with Gasteiger partial charge in [-0.3, -0.25) is 0 Å². The normalized spacial score (nSPS) is 11.2. The summed E-state index contributed by atoms with van der Waals surface area (Å²) in [5.74, 6) is 1.04. The van der Waals surface area contributed by atoms with Crippen LogP contribution in [0.25, 0.3) is 0 Å². The minimum Gasteiger partial charge on any atom is -0.389 e. The van der Waals surface area contributed by atoms with Gasteiger partial charge in [-0.1, -0.05) is 6.04 Å². The Morgan fingerprint density at radius 3 is 2.88 bits per heavy atom. The average molecular weight is 150 g/mol. The van der Waals surface area contributed by atoms with E-state index in [-0.39, 0.29) is 9.52 Å². The first-order valence-corrected chi connectivity index (χ1v) is 5.65. The van der Waals surface area contributed by atoms with Crippen LogP contribution in [0.15, 0.2) is 0 Å². The Morgan fingerprint density at radius 2 is 2.38 bits per heavy atom. The van der Waals surface area contributed by atoms with Crippen molar-refractivity contribution in [2.45, 2.75) is 12.5 Å². The van der Waals surface area contributed by atoms with Gasteiger partial charge in [-0.25, -0.2) is 0 Å². The molecule has 0 aliphatic rings. The highest BCUT2D eigenvalue weighted by Crippen LogP contribution is 1.89. The standard InChI is InChI=1S/C5H14OSSi/c1-6-5-8-4-2-3-7/h7H,2-5,8H2,1H3. The lowest BCUT2D eigenvalue weighted by Gasteiger charge is -1.93. The summed E-state index contributed by atoms with van der Waals surface area (Å²) in [6.07, 6.45) is 2.31. The van der Waals surface area contributed by atoms with E-state index in [0.717, 1.165) is 12.0 Å². The van der Waals surface area contributed by atoms with E-state index in [9.17, 15) is 0 Å². The van der Waals surface area contributed by atoms with Gasteiger partial charge < -0.3 is 4.74 Å². The molecule has 8 heavy (non-hydrogen) atoms. The van der Waals surface area contributed by atoms with Crippen molar-refractivity contribution < 1.29 is 4.74 Å². The van der Waals surface area contributed by atoms with Crippen LogP contribution in [0.3, 0.4) is 0 Å². The Morgan fingerprint density at radius 1 is 1.62 bits per heavy atom. The summed E-state index contributed by atoms with van der Waals surface area (Å²) in [5.41, 5.74) is 0. The summed E-state index contributed by atoms with van der Waals surface area (Å²) in [4.78, 5) is 0. The van der Waals surface area contributed by atoms with Crippen molar-refractivity contribution in [1.82, 2.24) is 0 Å². The zero-order valence-electron chi connectivity index (χ0n) is 5.39. The molecule has 0 aromatic carbocycles. The van der Waals surface area contributed by atoms with E-state index < -0.39 is 0 Å². The quantitative estimate of drug-likeness (QED) is 0.341. The molecular formula is C5H14OSSi. The minimum atomic E-state index is 0.129. The summed E-state index contributed by atoms with van der Waals surface area (Å²) in [6, 6.07) is 1.39. The summed E-state index contributed by atoms with van der Waals surface area (Å²) in [5, 5.41) is 0. The largest absolute Gasteiger partial charge is 0.389 e. The topological polar surface area (TPSA) is 9.23 Å². The summed E-state index contributed by atoms with van der Waals surface area (Å²) < 4.78 is 4.93. The number of hydrogen-bond acceptors (Lipinski definition) is 2. The molecule has 0 aliphatic heterocycles. The summed E-state index contributed by atoms with van der Waals surface area (Å²) in [6.45, 7) is 0. The third-order valence-corrected chi connectivity index (χ3v) is 3.02. The lowest BCUT2D eigenvalue weighted by atomic mass is 10.6. The number of thiol groups is 1. The maximum absolute atomic E-state index is 4.93. The zero-order valence-corrected chi connectivity index (χ0v) is 7.70. The molecule has 0 rings (SSSR count). The molecule has 1 nitrogen and oxygen atoms in total. The van der Waals surface area contributed by atoms with E-state index in [0.29, 0.717) is 0 Å². The molecular weight excluding hydrogens is 136 g/mol. The van der Waals surface area contributed by atoms with Gasteiger partial charge in [0, 0.05) is 13.3 Å². The molecule has 0 saturated heterocycles. The van der Waals surface area contributed by atoms with Crippen LogP contribution in [0.5, 0.6) is 0 Å². The Balaban J connectivity index is 2.53. The monoisotopic (exact) mass is 150 g/mol. The van der Waals surface area contributed by atoms with Crippen LogP contribution in [-0.2, 0) is 4.74 Å². The fraction of sp³-hybridized carbons (Fsp3) is 1.00. The third-order valence-electron chi connectivity index (χ3n) is 1.01. The smallest absolute Gasteiger partial charge is 0.0516 e. The van der Waals surface area contributed by atoms with Crippen LogP contribution in [0.1, 0.15) is 6.42 Å². The first-order chi connectivity index (χ1) is 3.91. The molecule has 50 valence electrons. The second-order valence-corrected chi connectivity index (χ2v) is 4.05. The van der Waals surface area contributed by atoms with Crippen LogP contribution in [0.4, 0.5) is 0 Å². The molecule has 0 unspecified atom stereocenters. The van der Waals surface area contributed by atoms with Crippen LogP contribution in [-0.4, -0.2) is 28.6 Å². The van der Waals surface area contributed by atoms with Crippen LogP contribution < -0.4 is 0 Å².